The highest BCUT2D eigenvalue weighted by molar-refractivity contribution is 9.10. The molecule has 1 amide bonds. The van der Waals surface area contributed by atoms with Crippen molar-refractivity contribution in [3.05, 3.63) is 82.3 Å². The van der Waals surface area contributed by atoms with Crippen LogP contribution in [0.15, 0.2) is 81.4 Å². The maximum absolute atomic E-state index is 12.7. The molecule has 6 heteroatoms. The Labute approximate surface area is 176 Å². The molecule has 0 saturated carbocycles. The number of rotatable bonds is 4. The van der Waals surface area contributed by atoms with Crippen molar-refractivity contribution in [2.24, 2.45) is 10.2 Å². The highest BCUT2D eigenvalue weighted by Gasteiger charge is 2.35. The quantitative estimate of drug-likeness (QED) is 0.390. The Morgan fingerprint density at radius 1 is 1.07 bits per heavy atom. The number of halogens is 1. The Bertz CT molecular complexity index is 1070. The fraction of sp³-hybridized carbons (Fsp3) is 0.136. The molecule has 0 unspecified atom stereocenters. The van der Waals surface area contributed by atoms with Crippen molar-refractivity contribution in [2.45, 2.75) is 18.7 Å². The van der Waals surface area contributed by atoms with Crippen LogP contribution in [0.4, 0.5) is 0 Å². The minimum atomic E-state index is -0.156. The first-order chi connectivity index (χ1) is 13.6. The van der Waals surface area contributed by atoms with E-state index in [9.17, 15) is 4.79 Å². The van der Waals surface area contributed by atoms with E-state index in [-0.39, 0.29) is 11.2 Å². The SMILES string of the molecule is C[C@H]1S/C(=N\N=C/c2ccc(Br)cc2)N(Cc2cccc3ccccc23)C1=O. The zero-order valence-electron chi connectivity index (χ0n) is 15.2. The molecule has 4 rings (SSSR count). The van der Waals surface area contributed by atoms with Gasteiger partial charge >= 0.3 is 0 Å². The summed E-state index contributed by atoms with van der Waals surface area (Å²) in [6.45, 7) is 2.40. The lowest BCUT2D eigenvalue weighted by atomic mass is 10.0. The van der Waals surface area contributed by atoms with Crippen molar-refractivity contribution in [3.8, 4) is 0 Å². The first-order valence-corrected chi connectivity index (χ1v) is 10.6. The Balaban J connectivity index is 1.60. The Kier molecular flexibility index (Phi) is 5.59. The van der Waals surface area contributed by atoms with Gasteiger partial charge in [-0.3, -0.25) is 9.69 Å². The van der Waals surface area contributed by atoms with Gasteiger partial charge in [0.1, 0.15) is 0 Å². The molecule has 3 aromatic rings. The number of thioether (sulfide) groups is 1. The third-order valence-electron chi connectivity index (χ3n) is 4.56. The van der Waals surface area contributed by atoms with Gasteiger partial charge in [0.15, 0.2) is 5.17 Å². The summed E-state index contributed by atoms with van der Waals surface area (Å²) in [6, 6.07) is 22.2. The Morgan fingerprint density at radius 3 is 2.64 bits per heavy atom. The molecule has 0 radical (unpaired) electrons. The maximum atomic E-state index is 12.7. The van der Waals surface area contributed by atoms with E-state index in [0.29, 0.717) is 11.7 Å². The lowest BCUT2D eigenvalue weighted by Gasteiger charge is -2.17. The largest absolute Gasteiger partial charge is 0.284 e. The second-order valence-corrected chi connectivity index (χ2v) is 8.73. The van der Waals surface area contributed by atoms with E-state index in [1.165, 1.54) is 17.1 Å². The summed E-state index contributed by atoms with van der Waals surface area (Å²) in [7, 11) is 0. The van der Waals surface area contributed by atoms with E-state index in [1.807, 2.05) is 49.4 Å². The summed E-state index contributed by atoms with van der Waals surface area (Å²) in [6.07, 6.45) is 1.70. The van der Waals surface area contributed by atoms with E-state index in [1.54, 1.807) is 11.1 Å². The fourth-order valence-corrected chi connectivity index (χ4v) is 4.29. The minimum Gasteiger partial charge on any atom is -0.284 e. The summed E-state index contributed by atoms with van der Waals surface area (Å²) in [4.78, 5) is 14.4. The average molecular weight is 452 g/mol. The molecule has 3 aromatic carbocycles. The van der Waals surface area contributed by atoms with Crippen LogP contribution in [-0.2, 0) is 11.3 Å². The molecule has 0 N–H and O–H groups in total. The molecule has 1 heterocycles. The highest BCUT2D eigenvalue weighted by atomic mass is 79.9. The number of amides is 1. The van der Waals surface area contributed by atoms with Crippen LogP contribution < -0.4 is 0 Å². The average Bonchev–Trinajstić information content (AvgIpc) is 2.97. The molecular weight excluding hydrogens is 434 g/mol. The van der Waals surface area contributed by atoms with Crippen molar-refractivity contribution < 1.29 is 4.79 Å². The van der Waals surface area contributed by atoms with Crippen LogP contribution >= 0.6 is 27.7 Å². The predicted octanol–water partition coefficient (Wildman–Crippen LogP) is 5.46. The normalized spacial score (nSPS) is 18.6. The van der Waals surface area contributed by atoms with Crippen molar-refractivity contribution in [1.82, 2.24) is 4.90 Å². The number of amidine groups is 1. The maximum Gasteiger partial charge on any atom is 0.242 e. The van der Waals surface area contributed by atoms with Gasteiger partial charge in [-0.1, -0.05) is 82.3 Å². The van der Waals surface area contributed by atoms with Crippen molar-refractivity contribution in [1.29, 1.82) is 0 Å². The van der Waals surface area contributed by atoms with Crippen LogP contribution in [0.3, 0.4) is 0 Å². The molecule has 1 aliphatic rings. The first-order valence-electron chi connectivity index (χ1n) is 8.93. The van der Waals surface area contributed by atoms with Crippen LogP contribution in [0.5, 0.6) is 0 Å². The molecule has 1 aliphatic heterocycles. The first kappa shape index (κ1) is 18.9. The smallest absolute Gasteiger partial charge is 0.242 e. The number of carbonyl (C=O) groups is 1. The van der Waals surface area contributed by atoms with Crippen molar-refractivity contribution in [3.63, 3.8) is 0 Å². The van der Waals surface area contributed by atoms with Gasteiger partial charge in [0.25, 0.3) is 0 Å². The van der Waals surface area contributed by atoms with Gasteiger partial charge < -0.3 is 0 Å². The summed E-state index contributed by atoms with van der Waals surface area (Å²) in [5.41, 5.74) is 2.06. The van der Waals surface area contributed by atoms with Crippen molar-refractivity contribution >= 4 is 55.8 Å². The molecule has 0 bridgehead atoms. The van der Waals surface area contributed by atoms with E-state index in [2.05, 4.69) is 50.4 Å². The fourth-order valence-electron chi connectivity index (χ4n) is 3.10. The van der Waals surface area contributed by atoms with Gasteiger partial charge in [0, 0.05) is 4.47 Å². The van der Waals surface area contributed by atoms with E-state index >= 15 is 0 Å². The number of benzene rings is 3. The standard InChI is InChI=1S/C22H18BrN3OS/c1-15-21(27)26(14-18-7-4-6-17-5-2-3-8-20(17)18)22(28-15)25-24-13-16-9-11-19(23)12-10-16/h2-13,15H,14H2,1H3/b24-13-,25-22-/t15-/m1/s1. The molecule has 0 spiro atoms. The number of hydrogen-bond acceptors (Lipinski definition) is 4. The van der Waals surface area contributed by atoms with Gasteiger partial charge in [-0.2, -0.15) is 5.10 Å². The zero-order chi connectivity index (χ0) is 19.5. The molecule has 140 valence electrons. The lowest BCUT2D eigenvalue weighted by Crippen LogP contribution is -2.30. The van der Waals surface area contributed by atoms with Crippen LogP contribution in [-0.4, -0.2) is 27.4 Å². The highest BCUT2D eigenvalue weighted by Crippen LogP contribution is 2.30. The minimum absolute atomic E-state index is 0.0653. The van der Waals surface area contributed by atoms with Gasteiger partial charge in [-0.25, -0.2) is 0 Å². The molecule has 1 atom stereocenters. The summed E-state index contributed by atoms with van der Waals surface area (Å²) < 4.78 is 1.02. The second-order valence-electron chi connectivity index (χ2n) is 6.50. The van der Waals surface area contributed by atoms with Crippen LogP contribution in [0.2, 0.25) is 0 Å². The van der Waals surface area contributed by atoms with E-state index < -0.39 is 0 Å². The number of nitrogens with zero attached hydrogens (tertiary/aromatic N) is 3. The predicted molar refractivity (Wildman–Crippen MR) is 121 cm³/mol. The lowest BCUT2D eigenvalue weighted by molar-refractivity contribution is -0.126. The van der Waals surface area contributed by atoms with Crippen molar-refractivity contribution in [2.75, 3.05) is 0 Å². The topological polar surface area (TPSA) is 45.0 Å². The van der Waals surface area contributed by atoms with Gasteiger partial charge in [-0.15, -0.1) is 5.10 Å². The summed E-state index contributed by atoms with van der Waals surface area (Å²) in [5.74, 6) is 0.0653. The van der Waals surface area contributed by atoms with E-state index in [0.717, 1.165) is 21.0 Å². The second kappa shape index (κ2) is 8.29. The Hall–Kier alpha value is -2.44. The third kappa shape index (κ3) is 4.03. The van der Waals surface area contributed by atoms with Gasteiger partial charge in [-0.05, 0) is 41.0 Å². The molecule has 4 nitrogen and oxygen atoms in total. The summed E-state index contributed by atoms with van der Waals surface area (Å²) >= 11 is 4.87. The zero-order valence-corrected chi connectivity index (χ0v) is 17.7. The molecule has 28 heavy (non-hydrogen) atoms. The number of fused-ring (bicyclic) bond motifs is 1. The van der Waals surface area contributed by atoms with Crippen LogP contribution in [0.25, 0.3) is 10.8 Å². The monoisotopic (exact) mass is 451 g/mol. The van der Waals surface area contributed by atoms with Crippen LogP contribution in [0.1, 0.15) is 18.1 Å². The van der Waals surface area contributed by atoms with E-state index in [4.69, 9.17) is 0 Å². The van der Waals surface area contributed by atoms with Crippen LogP contribution in [0, 0.1) is 0 Å². The van der Waals surface area contributed by atoms with Gasteiger partial charge in [0.05, 0.1) is 18.0 Å². The number of carbonyl (C=O) groups excluding carboxylic acids is 1. The summed E-state index contributed by atoms with van der Waals surface area (Å²) in [5, 5.41) is 11.4. The molecule has 1 saturated heterocycles. The molecule has 1 fully saturated rings. The molecule has 0 aromatic heterocycles. The Morgan fingerprint density at radius 2 is 1.82 bits per heavy atom. The van der Waals surface area contributed by atoms with Gasteiger partial charge in [0.2, 0.25) is 5.91 Å². The molecule has 0 aliphatic carbocycles. The third-order valence-corrected chi connectivity index (χ3v) is 6.15. The molecular formula is C22H18BrN3OS. The number of hydrogen-bond donors (Lipinski definition) is 0.